The van der Waals surface area contributed by atoms with Crippen LogP contribution in [0.4, 0.5) is 0 Å². The zero-order chi connectivity index (χ0) is 13.9. The number of hydrogen-bond acceptors (Lipinski definition) is 2. The Morgan fingerprint density at radius 1 is 1.45 bits per heavy atom. The molecule has 1 fully saturated rings. The van der Waals surface area contributed by atoms with E-state index in [1.165, 1.54) is 19.3 Å². The number of rotatable bonds is 5. The standard InChI is InChI=1S/C15H18ClN3O/c16-13-5-2-6-14-12(13)10-18-19(14)8-7-15(20)17-9-11-3-1-4-11/h2,5-6,10-11H,1,3-4,7-9H2,(H,17,20). The van der Waals surface area contributed by atoms with Gasteiger partial charge in [0, 0.05) is 18.4 Å². The lowest BCUT2D eigenvalue weighted by Crippen LogP contribution is -2.32. The van der Waals surface area contributed by atoms with Crippen LogP contribution >= 0.6 is 11.6 Å². The van der Waals surface area contributed by atoms with Crippen LogP contribution in [0.1, 0.15) is 25.7 Å². The minimum atomic E-state index is 0.0996. The fraction of sp³-hybridized carbons (Fsp3) is 0.467. The van der Waals surface area contributed by atoms with Gasteiger partial charge >= 0.3 is 0 Å². The first-order valence-electron chi connectivity index (χ1n) is 7.11. The second-order valence-electron chi connectivity index (χ2n) is 5.39. The van der Waals surface area contributed by atoms with E-state index in [9.17, 15) is 4.79 Å². The molecule has 1 N–H and O–H groups in total. The van der Waals surface area contributed by atoms with Gasteiger partial charge in [0.15, 0.2) is 0 Å². The second-order valence-corrected chi connectivity index (χ2v) is 5.80. The molecule has 1 aromatic heterocycles. The molecule has 0 spiro atoms. The summed E-state index contributed by atoms with van der Waals surface area (Å²) in [7, 11) is 0. The molecule has 5 heteroatoms. The number of nitrogens with zero attached hydrogens (tertiary/aromatic N) is 2. The topological polar surface area (TPSA) is 46.9 Å². The molecule has 1 saturated carbocycles. The molecule has 20 heavy (non-hydrogen) atoms. The Morgan fingerprint density at radius 2 is 2.30 bits per heavy atom. The Balaban J connectivity index is 1.56. The number of aryl methyl sites for hydroxylation is 1. The van der Waals surface area contributed by atoms with Gasteiger partial charge in [-0.25, -0.2) is 0 Å². The summed E-state index contributed by atoms with van der Waals surface area (Å²) in [6, 6.07) is 5.72. The van der Waals surface area contributed by atoms with Crippen LogP contribution in [0.2, 0.25) is 5.02 Å². The average Bonchev–Trinajstić information content (AvgIpc) is 2.79. The highest BCUT2D eigenvalue weighted by Crippen LogP contribution is 2.25. The van der Waals surface area contributed by atoms with E-state index in [1.54, 1.807) is 6.20 Å². The predicted octanol–water partition coefficient (Wildman–Crippen LogP) is 3.00. The molecule has 1 aliphatic carbocycles. The molecule has 0 atom stereocenters. The van der Waals surface area contributed by atoms with Crippen molar-refractivity contribution in [2.45, 2.75) is 32.2 Å². The van der Waals surface area contributed by atoms with Gasteiger partial charge in [-0.15, -0.1) is 0 Å². The van der Waals surface area contributed by atoms with Crippen LogP contribution in [-0.2, 0) is 11.3 Å². The summed E-state index contributed by atoms with van der Waals surface area (Å²) in [5.74, 6) is 0.797. The van der Waals surface area contributed by atoms with E-state index >= 15 is 0 Å². The lowest BCUT2D eigenvalue weighted by molar-refractivity contribution is -0.121. The zero-order valence-corrected chi connectivity index (χ0v) is 12.1. The quantitative estimate of drug-likeness (QED) is 0.920. The fourth-order valence-corrected chi connectivity index (χ4v) is 2.72. The van der Waals surface area contributed by atoms with Gasteiger partial charge < -0.3 is 5.32 Å². The summed E-state index contributed by atoms with van der Waals surface area (Å²) in [4.78, 5) is 11.8. The third-order valence-corrected chi connectivity index (χ3v) is 4.33. The molecule has 0 saturated heterocycles. The molecule has 1 heterocycles. The van der Waals surface area contributed by atoms with E-state index in [2.05, 4.69) is 10.4 Å². The van der Waals surface area contributed by atoms with E-state index in [0.29, 0.717) is 23.9 Å². The third kappa shape index (κ3) is 2.80. The predicted molar refractivity (Wildman–Crippen MR) is 79.7 cm³/mol. The molecular weight excluding hydrogens is 274 g/mol. The Labute approximate surface area is 123 Å². The van der Waals surface area contributed by atoms with Crippen LogP contribution in [0.25, 0.3) is 10.9 Å². The first kappa shape index (κ1) is 13.4. The smallest absolute Gasteiger partial charge is 0.221 e. The van der Waals surface area contributed by atoms with Gasteiger partial charge in [0.1, 0.15) is 0 Å². The van der Waals surface area contributed by atoms with Crippen LogP contribution in [-0.4, -0.2) is 22.2 Å². The maximum absolute atomic E-state index is 11.8. The summed E-state index contributed by atoms with van der Waals surface area (Å²) in [5.41, 5.74) is 0.976. The number of carbonyl (C=O) groups is 1. The highest BCUT2D eigenvalue weighted by Gasteiger charge is 2.17. The zero-order valence-electron chi connectivity index (χ0n) is 11.3. The van der Waals surface area contributed by atoms with Crippen molar-refractivity contribution >= 4 is 28.4 Å². The SMILES string of the molecule is O=C(CCn1ncc2c(Cl)cccc21)NCC1CCC1. The van der Waals surface area contributed by atoms with Gasteiger partial charge in [-0.3, -0.25) is 9.48 Å². The molecule has 0 unspecified atom stereocenters. The molecule has 106 valence electrons. The van der Waals surface area contributed by atoms with Gasteiger partial charge in [0.25, 0.3) is 0 Å². The van der Waals surface area contributed by atoms with Gasteiger partial charge in [-0.2, -0.15) is 5.10 Å². The second kappa shape index (κ2) is 5.83. The molecule has 4 nitrogen and oxygen atoms in total. The van der Waals surface area contributed by atoms with E-state index in [0.717, 1.165) is 17.4 Å². The molecule has 0 bridgehead atoms. The van der Waals surface area contributed by atoms with Crippen molar-refractivity contribution in [1.29, 1.82) is 0 Å². The van der Waals surface area contributed by atoms with E-state index in [-0.39, 0.29) is 5.91 Å². The molecule has 1 aliphatic rings. The summed E-state index contributed by atoms with van der Waals surface area (Å²) < 4.78 is 1.84. The Hall–Kier alpha value is -1.55. The van der Waals surface area contributed by atoms with Crippen molar-refractivity contribution in [3.63, 3.8) is 0 Å². The van der Waals surface area contributed by atoms with E-state index in [1.807, 2.05) is 22.9 Å². The molecule has 3 rings (SSSR count). The van der Waals surface area contributed by atoms with Crippen molar-refractivity contribution in [1.82, 2.24) is 15.1 Å². The van der Waals surface area contributed by atoms with Gasteiger partial charge in [0.05, 0.1) is 23.3 Å². The third-order valence-electron chi connectivity index (χ3n) is 4.00. The molecule has 2 aromatic rings. The van der Waals surface area contributed by atoms with Gasteiger partial charge in [0.2, 0.25) is 5.91 Å². The van der Waals surface area contributed by atoms with Crippen molar-refractivity contribution in [3.8, 4) is 0 Å². The van der Waals surface area contributed by atoms with Crippen LogP contribution in [0.5, 0.6) is 0 Å². The van der Waals surface area contributed by atoms with Crippen molar-refractivity contribution in [2.24, 2.45) is 5.92 Å². The minimum Gasteiger partial charge on any atom is -0.356 e. The van der Waals surface area contributed by atoms with Gasteiger partial charge in [-0.1, -0.05) is 24.1 Å². The summed E-state index contributed by atoms with van der Waals surface area (Å²) in [6.07, 6.45) is 6.02. The summed E-state index contributed by atoms with van der Waals surface area (Å²) in [5, 5.41) is 8.93. The molecule has 1 amide bonds. The number of amides is 1. The van der Waals surface area contributed by atoms with Crippen LogP contribution in [0.15, 0.2) is 24.4 Å². The average molecular weight is 292 g/mol. The fourth-order valence-electron chi connectivity index (χ4n) is 2.50. The van der Waals surface area contributed by atoms with Crippen LogP contribution in [0, 0.1) is 5.92 Å². The number of carbonyl (C=O) groups excluding carboxylic acids is 1. The van der Waals surface area contributed by atoms with Crippen LogP contribution in [0.3, 0.4) is 0 Å². The number of hydrogen-bond donors (Lipinski definition) is 1. The Kier molecular flexibility index (Phi) is 3.92. The maximum atomic E-state index is 11.8. The molecule has 1 aromatic carbocycles. The van der Waals surface area contributed by atoms with E-state index in [4.69, 9.17) is 11.6 Å². The lowest BCUT2D eigenvalue weighted by Gasteiger charge is -2.25. The lowest BCUT2D eigenvalue weighted by atomic mass is 9.85. The number of fused-ring (bicyclic) bond motifs is 1. The first-order chi connectivity index (χ1) is 9.74. The summed E-state index contributed by atoms with van der Waals surface area (Å²) in [6.45, 7) is 1.41. The highest BCUT2D eigenvalue weighted by atomic mass is 35.5. The maximum Gasteiger partial charge on any atom is 0.221 e. The van der Waals surface area contributed by atoms with Crippen molar-refractivity contribution in [2.75, 3.05) is 6.54 Å². The van der Waals surface area contributed by atoms with Gasteiger partial charge in [-0.05, 0) is 30.9 Å². The number of nitrogens with one attached hydrogen (secondary N) is 1. The van der Waals surface area contributed by atoms with E-state index < -0.39 is 0 Å². The van der Waals surface area contributed by atoms with Crippen molar-refractivity contribution < 1.29 is 4.79 Å². The number of benzene rings is 1. The number of halogens is 1. The number of aromatic nitrogens is 2. The molecular formula is C15H18ClN3O. The summed E-state index contributed by atoms with van der Waals surface area (Å²) >= 11 is 6.11. The minimum absolute atomic E-state index is 0.0996. The molecule has 0 aliphatic heterocycles. The largest absolute Gasteiger partial charge is 0.356 e. The molecule has 0 radical (unpaired) electrons. The Bertz CT molecular complexity index is 619. The normalized spacial score (nSPS) is 15.2. The van der Waals surface area contributed by atoms with Crippen molar-refractivity contribution in [3.05, 3.63) is 29.4 Å². The Morgan fingerprint density at radius 3 is 3.05 bits per heavy atom. The monoisotopic (exact) mass is 291 g/mol. The first-order valence-corrected chi connectivity index (χ1v) is 7.48. The highest BCUT2D eigenvalue weighted by molar-refractivity contribution is 6.35. The van der Waals surface area contributed by atoms with Crippen LogP contribution < -0.4 is 5.32 Å².